The summed E-state index contributed by atoms with van der Waals surface area (Å²) in [5.74, 6) is 0.457. The maximum absolute atomic E-state index is 12.3. The summed E-state index contributed by atoms with van der Waals surface area (Å²) in [5, 5.41) is 17.0. The lowest BCUT2D eigenvalue weighted by atomic mass is 10.1. The molecule has 0 bridgehead atoms. The van der Waals surface area contributed by atoms with E-state index in [0.717, 1.165) is 39.7 Å². The first-order chi connectivity index (χ1) is 12.3. The zero-order valence-corrected chi connectivity index (χ0v) is 16.6. The molecule has 0 atom stereocenters. The lowest BCUT2D eigenvalue weighted by molar-refractivity contribution is -0.116. The van der Waals surface area contributed by atoms with E-state index >= 15 is 0 Å². The Labute approximate surface area is 156 Å². The summed E-state index contributed by atoms with van der Waals surface area (Å²) in [5.41, 5.74) is 4.82. The van der Waals surface area contributed by atoms with Crippen molar-refractivity contribution in [3.8, 4) is 0 Å². The molecule has 0 spiro atoms. The van der Waals surface area contributed by atoms with Crippen LogP contribution in [0.4, 0.5) is 5.13 Å². The Morgan fingerprint density at radius 3 is 2.77 bits per heavy atom. The van der Waals surface area contributed by atoms with E-state index in [4.69, 9.17) is 0 Å². The lowest BCUT2D eigenvalue weighted by Gasteiger charge is -2.10. The van der Waals surface area contributed by atoms with Crippen LogP contribution in [0.5, 0.6) is 0 Å². The number of carbonyl (C=O) groups is 1. The number of rotatable bonds is 6. The van der Waals surface area contributed by atoms with Crippen molar-refractivity contribution in [2.45, 2.75) is 53.9 Å². The molecule has 0 aliphatic rings. The van der Waals surface area contributed by atoms with E-state index in [-0.39, 0.29) is 5.91 Å². The van der Waals surface area contributed by atoms with Gasteiger partial charge in [-0.2, -0.15) is 5.10 Å². The summed E-state index contributed by atoms with van der Waals surface area (Å²) < 4.78 is 1.85. The van der Waals surface area contributed by atoms with Gasteiger partial charge in [0.1, 0.15) is 5.01 Å². The molecule has 3 aromatic rings. The topological polar surface area (TPSA) is 85.1 Å². The zero-order chi connectivity index (χ0) is 18.8. The van der Waals surface area contributed by atoms with Crippen molar-refractivity contribution in [1.82, 2.24) is 24.8 Å². The second-order valence-corrected chi connectivity index (χ2v) is 8.03. The van der Waals surface area contributed by atoms with Crippen LogP contribution in [0.15, 0.2) is 6.07 Å². The first kappa shape index (κ1) is 18.4. The smallest absolute Gasteiger partial charge is 0.226 e. The fourth-order valence-corrected chi connectivity index (χ4v) is 3.93. The van der Waals surface area contributed by atoms with Crippen molar-refractivity contribution >= 4 is 28.0 Å². The van der Waals surface area contributed by atoms with Crippen LogP contribution >= 0.6 is 11.3 Å². The lowest BCUT2D eigenvalue weighted by Crippen LogP contribution is -2.14. The Hall–Kier alpha value is -2.35. The molecule has 7 nitrogen and oxygen atoms in total. The summed E-state index contributed by atoms with van der Waals surface area (Å²) >= 11 is 1.44. The molecule has 1 amide bonds. The average Bonchev–Trinajstić information content (AvgIpc) is 3.12. The van der Waals surface area contributed by atoms with Crippen LogP contribution in [0.25, 0.3) is 5.65 Å². The minimum Gasteiger partial charge on any atom is -0.301 e. The van der Waals surface area contributed by atoms with Crippen LogP contribution in [-0.2, 0) is 17.6 Å². The third-order valence-electron chi connectivity index (χ3n) is 4.18. The van der Waals surface area contributed by atoms with E-state index in [1.54, 1.807) is 0 Å². The van der Waals surface area contributed by atoms with E-state index in [1.165, 1.54) is 11.3 Å². The maximum atomic E-state index is 12.3. The highest BCUT2D eigenvalue weighted by molar-refractivity contribution is 7.15. The number of carbonyl (C=O) groups excluding carboxylic acids is 1. The summed E-state index contributed by atoms with van der Waals surface area (Å²) in [6, 6.07) is 1.96. The predicted molar refractivity (Wildman–Crippen MR) is 103 cm³/mol. The largest absolute Gasteiger partial charge is 0.301 e. The normalized spacial score (nSPS) is 11.5. The number of hydrogen-bond donors (Lipinski definition) is 1. The first-order valence-corrected chi connectivity index (χ1v) is 9.60. The fraction of sp³-hybridized carbons (Fsp3) is 0.500. The molecule has 3 rings (SSSR count). The van der Waals surface area contributed by atoms with E-state index in [2.05, 4.69) is 39.4 Å². The molecule has 0 aromatic carbocycles. The second-order valence-electron chi connectivity index (χ2n) is 6.96. The Bertz CT molecular complexity index is 943. The van der Waals surface area contributed by atoms with Gasteiger partial charge in [0.2, 0.25) is 11.0 Å². The average molecular weight is 372 g/mol. The Kier molecular flexibility index (Phi) is 5.31. The number of anilines is 1. The van der Waals surface area contributed by atoms with Gasteiger partial charge in [-0.15, -0.1) is 10.2 Å². The number of nitrogens with one attached hydrogen (secondary N) is 1. The summed E-state index contributed by atoms with van der Waals surface area (Å²) in [6.07, 6.45) is 1.86. The van der Waals surface area contributed by atoms with Gasteiger partial charge >= 0.3 is 0 Å². The highest BCUT2D eigenvalue weighted by Gasteiger charge is 2.14. The monoisotopic (exact) mass is 372 g/mol. The van der Waals surface area contributed by atoms with E-state index < -0.39 is 0 Å². The number of aromatic nitrogens is 5. The molecule has 0 unspecified atom stereocenters. The molecule has 26 heavy (non-hydrogen) atoms. The number of hydrogen-bond acceptors (Lipinski definition) is 6. The molecule has 3 aromatic heterocycles. The first-order valence-electron chi connectivity index (χ1n) is 8.78. The summed E-state index contributed by atoms with van der Waals surface area (Å²) in [4.78, 5) is 16.9. The van der Waals surface area contributed by atoms with Crippen molar-refractivity contribution < 1.29 is 4.79 Å². The number of aryl methyl sites for hydroxylation is 3. The van der Waals surface area contributed by atoms with Gasteiger partial charge in [-0.25, -0.2) is 9.50 Å². The number of fused-ring (bicyclic) bond motifs is 1. The number of amides is 1. The summed E-state index contributed by atoms with van der Waals surface area (Å²) in [6.45, 7) is 10.2. The molecule has 0 saturated carbocycles. The van der Waals surface area contributed by atoms with Crippen molar-refractivity contribution in [1.29, 1.82) is 0 Å². The predicted octanol–water partition coefficient (Wildman–Crippen LogP) is 3.28. The molecule has 0 radical (unpaired) electrons. The van der Waals surface area contributed by atoms with E-state index in [1.807, 2.05) is 31.4 Å². The van der Waals surface area contributed by atoms with Crippen LogP contribution in [-0.4, -0.2) is 30.7 Å². The van der Waals surface area contributed by atoms with Crippen LogP contribution in [0.1, 0.15) is 47.9 Å². The molecule has 3 heterocycles. The minimum absolute atomic E-state index is 0.0622. The van der Waals surface area contributed by atoms with Gasteiger partial charge in [0, 0.05) is 30.3 Å². The van der Waals surface area contributed by atoms with Gasteiger partial charge in [-0.05, 0) is 38.7 Å². The summed E-state index contributed by atoms with van der Waals surface area (Å²) in [7, 11) is 0. The van der Waals surface area contributed by atoms with E-state index in [9.17, 15) is 4.79 Å². The minimum atomic E-state index is -0.0622. The molecule has 138 valence electrons. The molecule has 0 fully saturated rings. The fourth-order valence-electron chi connectivity index (χ4n) is 2.96. The van der Waals surface area contributed by atoms with Gasteiger partial charge < -0.3 is 5.32 Å². The van der Waals surface area contributed by atoms with Gasteiger partial charge in [0.15, 0.2) is 5.65 Å². The standard InChI is InChI=1S/C18H24N6OS/c1-10(2)8-17-21-22-18(26-17)20-16(25)7-6-14-12(4)19-15-9-11(3)23-24(15)13(14)5/h9-10H,6-8H2,1-5H3,(H,20,22,25). The molecule has 0 aliphatic heterocycles. The van der Waals surface area contributed by atoms with Crippen molar-refractivity contribution in [2.75, 3.05) is 5.32 Å². The molecular formula is C18H24N6OS. The molecular weight excluding hydrogens is 348 g/mol. The van der Waals surface area contributed by atoms with Crippen molar-refractivity contribution in [2.24, 2.45) is 5.92 Å². The van der Waals surface area contributed by atoms with Gasteiger partial charge in [0.25, 0.3) is 0 Å². The van der Waals surface area contributed by atoms with Crippen molar-refractivity contribution in [3.05, 3.63) is 33.7 Å². The van der Waals surface area contributed by atoms with Gasteiger partial charge in [0.05, 0.1) is 5.69 Å². The SMILES string of the molecule is Cc1cc2nc(C)c(CCC(=O)Nc3nnc(CC(C)C)s3)c(C)n2n1. The highest BCUT2D eigenvalue weighted by Crippen LogP contribution is 2.20. The molecule has 1 N–H and O–H groups in total. The highest BCUT2D eigenvalue weighted by atomic mass is 32.1. The number of nitrogens with zero attached hydrogens (tertiary/aromatic N) is 5. The van der Waals surface area contributed by atoms with Crippen molar-refractivity contribution in [3.63, 3.8) is 0 Å². The van der Waals surface area contributed by atoms with Gasteiger partial charge in [-0.3, -0.25) is 4.79 Å². The van der Waals surface area contributed by atoms with Crippen LogP contribution < -0.4 is 5.32 Å². The van der Waals surface area contributed by atoms with Gasteiger partial charge in [-0.1, -0.05) is 25.2 Å². The molecule has 0 saturated heterocycles. The quantitative estimate of drug-likeness (QED) is 0.718. The zero-order valence-electron chi connectivity index (χ0n) is 15.8. The van der Waals surface area contributed by atoms with E-state index in [0.29, 0.717) is 23.9 Å². The third-order valence-corrected chi connectivity index (χ3v) is 5.05. The van der Waals surface area contributed by atoms with Crippen LogP contribution in [0.3, 0.4) is 0 Å². The Morgan fingerprint density at radius 2 is 2.04 bits per heavy atom. The Morgan fingerprint density at radius 1 is 1.27 bits per heavy atom. The molecule has 0 aliphatic carbocycles. The molecule has 8 heteroatoms. The van der Waals surface area contributed by atoms with Crippen LogP contribution in [0, 0.1) is 26.7 Å². The van der Waals surface area contributed by atoms with Crippen LogP contribution in [0.2, 0.25) is 0 Å². The Balaban J connectivity index is 1.66. The maximum Gasteiger partial charge on any atom is 0.226 e. The second kappa shape index (κ2) is 7.49. The third kappa shape index (κ3) is 4.07.